The molecule has 1 rings (SSSR count). The van der Waals surface area contributed by atoms with Gasteiger partial charge in [-0.3, -0.25) is 4.79 Å². The van der Waals surface area contributed by atoms with Crippen molar-refractivity contribution in [3.63, 3.8) is 0 Å². The summed E-state index contributed by atoms with van der Waals surface area (Å²) >= 11 is 0. The number of nitrogens with one attached hydrogen (secondary N) is 1. The zero-order valence-corrected chi connectivity index (χ0v) is 9.24. The number of rotatable bonds is 4. The fraction of sp³-hybridized carbons (Fsp3) is 0.364. The van der Waals surface area contributed by atoms with Gasteiger partial charge in [0.15, 0.2) is 0 Å². The van der Waals surface area contributed by atoms with Crippen LogP contribution in [0.3, 0.4) is 0 Å². The van der Waals surface area contributed by atoms with Crippen LogP contribution in [0, 0.1) is 0 Å². The van der Waals surface area contributed by atoms with E-state index in [0.717, 1.165) is 0 Å². The molecule has 0 aliphatic carbocycles. The largest absolute Gasteiger partial charge is 0.508 e. The smallest absolute Gasteiger partial charge is 0.471 e. The third-order valence-electron chi connectivity index (χ3n) is 2.22. The molecular weight excluding hydrogens is 251 g/mol. The van der Waals surface area contributed by atoms with Crippen LogP contribution in [-0.4, -0.2) is 28.8 Å². The molecule has 7 heteroatoms. The summed E-state index contributed by atoms with van der Waals surface area (Å²) in [6.45, 7) is -0.310. The van der Waals surface area contributed by atoms with Gasteiger partial charge in [0.05, 0.1) is 6.10 Å². The standard InChI is InChI=1S/C11H12F3NO3/c12-11(13,14)10(18)15-5-4-9(17)7-2-1-3-8(16)6-7/h1-3,6,9,16-17H,4-5H2,(H,15,18)/t9-/m1/s1. The molecule has 1 amide bonds. The summed E-state index contributed by atoms with van der Waals surface area (Å²) in [7, 11) is 0. The van der Waals surface area contributed by atoms with Gasteiger partial charge in [-0.15, -0.1) is 0 Å². The van der Waals surface area contributed by atoms with E-state index in [4.69, 9.17) is 5.11 Å². The van der Waals surface area contributed by atoms with Gasteiger partial charge in [0, 0.05) is 6.54 Å². The molecule has 0 unspecified atom stereocenters. The first-order valence-electron chi connectivity index (χ1n) is 5.12. The van der Waals surface area contributed by atoms with Crippen LogP contribution in [-0.2, 0) is 4.79 Å². The first-order chi connectivity index (χ1) is 8.30. The number of carbonyl (C=O) groups excluding carboxylic acids is 1. The van der Waals surface area contributed by atoms with E-state index in [0.29, 0.717) is 5.56 Å². The second kappa shape index (κ2) is 5.72. The van der Waals surface area contributed by atoms with Gasteiger partial charge >= 0.3 is 12.1 Å². The van der Waals surface area contributed by atoms with Crippen LogP contribution >= 0.6 is 0 Å². The van der Waals surface area contributed by atoms with E-state index in [2.05, 4.69) is 0 Å². The summed E-state index contributed by atoms with van der Waals surface area (Å²) in [5.74, 6) is -2.09. The maximum Gasteiger partial charge on any atom is 0.471 e. The zero-order chi connectivity index (χ0) is 13.8. The van der Waals surface area contributed by atoms with Gasteiger partial charge in [-0.05, 0) is 24.1 Å². The maximum atomic E-state index is 11.8. The molecule has 1 aromatic carbocycles. The molecule has 4 nitrogen and oxygen atoms in total. The van der Waals surface area contributed by atoms with Crippen molar-refractivity contribution < 1.29 is 28.2 Å². The molecule has 0 aliphatic rings. The highest BCUT2D eigenvalue weighted by atomic mass is 19.4. The van der Waals surface area contributed by atoms with Crippen molar-refractivity contribution in [1.82, 2.24) is 5.32 Å². The molecule has 0 bridgehead atoms. The van der Waals surface area contributed by atoms with Crippen LogP contribution in [0.25, 0.3) is 0 Å². The van der Waals surface area contributed by atoms with Crippen LogP contribution in [0.2, 0.25) is 0 Å². The van der Waals surface area contributed by atoms with Crippen molar-refractivity contribution in [1.29, 1.82) is 0 Å². The van der Waals surface area contributed by atoms with E-state index < -0.39 is 18.2 Å². The van der Waals surface area contributed by atoms with Gasteiger partial charge in [-0.25, -0.2) is 0 Å². The third kappa shape index (κ3) is 4.25. The zero-order valence-electron chi connectivity index (χ0n) is 9.24. The van der Waals surface area contributed by atoms with Crippen molar-refractivity contribution in [2.45, 2.75) is 18.7 Å². The lowest BCUT2D eigenvalue weighted by Crippen LogP contribution is -2.37. The summed E-state index contributed by atoms with van der Waals surface area (Å²) in [6.07, 6.45) is -6.05. The van der Waals surface area contributed by atoms with Crippen molar-refractivity contribution >= 4 is 5.91 Å². The fourth-order valence-corrected chi connectivity index (χ4v) is 1.32. The lowest BCUT2D eigenvalue weighted by molar-refractivity contribution is -0.173. The summed E-state index contributed by atoms with van der Waals surface area (Å²) in [5.41, 5.74) is 0.372. The van der Waals surface area contributed by atoms with Crippen LogP contribution in [0.15, 0.2) is 24.3 Å². The Kier molecular flexibility index (Phi) is 4.55. The number of benzene rings is 1. The minimum Gasteiger partial charge on any atom is -0.508 e. The van der Waals surface area contributed by atoms with E-state index >= 15 is 0 Å². The Hall–Kier alpha value is -1.76. The Bertz CT molecular complexity index is 420. The summed E-state index contributed by atoms with van der Waals surface area (Å²) < 4.78 is 35.5. The lowest BCUT2D eigenvalue weighted by Gasteiger charge is -2.12. The monoisotopic (exact) mass is 263 g/mol. The molecule has 0 fully saturated rings. The highest BCUT2D eigenvalue weighted by Gasteiger charge is 2.38. The van der Waals surface area contributed by atoms with E-state index in [1.807, 2.05) is 0 Å². The SMILES string of the molecule is O=C(NCC[C@@H](O)c1cccc(O)c1)C(F)(F)F. The highest BCUT2D eigenvalue weighted by Crippen LogP contribution is 2.20. The quantitative estimate of drug-likeness (QED) is 0.771. The first kappa shape index (κ1) is 14.3. The van der Waals surface area contributed by atoms with Gasteiger partial charge < -0.3 is 15.5 Å². The average Bonchev–Trinajstić information content (AvgIpc) is 2.27. The van der Waals surface area contributed by atoms with Crippen LogP contribution < -0.4 is 5.32 Å². The van der Waals surface area contributed by atoms with Gasteiger partial charge in [-0.2, -0.15) is 13.2 Å². The maximum absolute atomic E-state index is 11.8. The molecule has 18 heavy (non-hydrogen) atoms. The molecule has 1 atom stereocenters. The number of halogens is 3. The number of aromatic hydroxyl groups is 1. The van der Waals surface area contributed by atoms with Crippen molar-refractivity contribution in [3.05, 3.63) is 29.8 Å². The van der Waals surface area contributed by atoms with Crippen molar-refractivity contribution in [3.8, 4) is 5.75 Å². The minimum atomic E-state index is -4.92. The van der Waals surface area contributed by atoms with E-state index in [-0.39, 0.29) is 18.7 Å². The third-order valence-corrected chi connectivity index (χ3v) is 2.22. The number of phenols is 1. The molecule has 3 N–H and O–H groups in total. The van der Waals surface area contributed by atoms with E-state index in [1.165, 1.54) is 24.3 Å². The minimum absolute atomic E-state index is 0.0501. The number of aliphatic hydroxyl groups is 1. The highest BCUT2D eigenvalue weighted by molar-refractivity contribution is 5.81. The number of alkyl halides is 3. The van der Waals surface area contributed by atoms with Gasteiger partial charge in [0.25, 0.3) is 0 Å². The molecule has 0 heterocycles. The number of amides is 1. The second-order valence-corrected chi connectivity index (χ2v) is 3.65. The average molecular weight is 263 g/mol. The molecule has 0 aromatic heterocycles. The Labute approximate surface area is 101 Å². The second-order valence-electron chi connectivity index (χ2n) is 3.65. The fourth-order valence-electron chi connectivity index (χ4n) is 1.32. The Balaban J connectivity index is 2.43. The van der Waals surface area contributed by atoms with Crippen LogP contribution in [0.1, 0.15) is 18.1 Å². The lowest BCUT2D eigenvalue weighted by atomic mass is 10.1. The molecular formula is C11H12F3NO3. The van der Waals surface area contributed by atoms with Crippen molar-refractivity contribution in [2.75, 3.05) is 6.54 Å². The van der Waals surface area contributed by atoms with Gasteiger partial charge in [0.2, 0.25) is 0 Å². The molecule has 0 radical (unpaired) electrons. The molecule has 0 aliphatic heterocycles. The number of phenolic OH excluding ortho intramolecular Hbond substituents is 1. The van der Waals surface area contributed by atoms with E-state index in [9.17, 15) is 23.1 Å². The molecule has 0 saturated heterocycles. The van der Waals surface area contributed by atoms with Crippen molar-refractivity contribution in [2.24, 2.45) is 0 Å². The van der Waals surface area contributed by atoms with Gasteiger partial charge in [-0.1, -0.05) is 12.1 Å². The number of hydrogen-bond donors (Lipinski definition) is 3. The van der Waals surface area contributed by atoms with Crippen LogP contribution in [0.5, 0.6) is 5.75 Å². The number of carbonyl (C=O) groups is 1. The summed E-state index contributed by atoms with van der Waals surface area (Å²) in [5, 5.41) is 20.4. The number of aliphatic hydroxyl groups excluding tert-OH is 1. The molecule has 1 aromatic rings. The Morgan fingerprint density at radius 1 is 1.39 bits per heavy atom. The normalized spacial score (nSPS) is 13.1. The Morgan fingerprint density at radius 2 is 2.06 bits per heavy atom. The Morgan fingerprint density at radius 3 is 2.61 bits per heavy atom. The number of hydrogen-bond acceptors (Lipinski definition) is 3. The predicted molar refractivity (Wildman–Crippen MR) is 56.7 cm³/mol. The molecule has 100 valence electrons. The van der Waals surface area contributed by atoms with E-state index in [1.54, 1.807) is 5.32 Å². The summed E-state index contributed by atoms with van der Waals surface area (Å²) in [6, 6.07) is 5.73. The summed E-state index contributed by atoms with van der Waals surface area (Å²) in [4.78, 5) is 10.5. The predicted octanol–water partition coefficient (Wildman–Crippen LogP) is 1.49. The molecule has 0 saturated carbocycles. The molecule has 0 spiro atoms. The van der Waals surface area contributed by atoms with Crippen LogP contribution in [0.4, 0.5) is 13.2 Å². The first-order valence-corrected chi connectivity index (χ1v) is 5.12. The topological polar surface area (TPSA) is 69.6 Å². The van der Waals surface area contributed by atoms with Gasteiger partial charge in [0.1, 0.15) is 5.75 Å².